The second-order valence-electron chi connectivity index (χ2n) is 3.25. The fourth-order valence-corrected chi connectivity index (χ4v) is 1.31. The Morgan fingerprint density at radius 2 is 2.25 bits per heavy atom. The third kappa shape index (κ3) is 5.14. The van der Waals surface area contributed by atoms with Crippen molar-refractivity contribution in [2.45, 2.75) is 12.8 Å². The van der Waals surface area contributed by atoms with Gasteiger partial charge in [-0.25, -0.2) is 4.39 Å². The summed E-state index contributed by atoms with van der Waals surface area (Å²) in [5, 5.41) is 0. The average Bonchev–Trinajstić information content (AvgIpc) is 2.29. The summed E-state index contributed by atoms with van der Waals surface area (Å²) in [5.74, 6) is 0.577. The number of benzene rings is 1. The third-order valence-corrected chi connectivity index (χ3v) is 2.13. The minimum atomic E-state index is -0.252. The van der Waals surface area contributed by atoms with Gasteiger partial charge in [0, 0.05) is 6.54 Å². The maximum atomic E-state index is 12.7. The fourth-order valence-electron chi connectivity index (χ4n) is 1.31. The molecule has 0 atom stereocenters. The number of allylic oxidation sites excluding steroid dienone is 1. The van der Waals surface area contributed by atoms with Crippen LogP contribution in [0.15, 0.2) is 36.2 Å². The summed E-state index contributed by atoms with van der Waals surface area (Å²) in [5.41, 5.74) is 6.27. The van der Waals surface area contributed by atoms with E-state index in [0.717, 1.165) is 17.7 Å². The van der Waals surface area contributed by atoms with Crippen LogP contribution < -0.4 is 10.5 Å². The first-order valence-corrected chi connectivity index (χ1v) is 4.94. The van der Waals surface area contributed by atoms with Crippen molar-refractivity contribution in [3.63, 3.8) is 0 Å². The van der Waals surface area contributed by atoms with Gasteiger partial charge in [-0.15, -0.1) is 12.4 Å². The lowest BCUT2D eigenvalue weighted by molar-refractivity contribution is 0.414. The minimum Gasteiger partial charge on any atom is -0.497 e. The first-order chi connectivity index (χ1) is 7.26. The van der Waals surface area contributed by atoms with Gasteiger partial charge in [0.05, 0.1) is 7.11 Å². The van der Waals surface area contributed by atoms with Crippen LogP contribution in [0.5, 0.6) is 5.75 Å². The Kier molecular flexibility index (Phi) is 7.60. The summed E-state index contributed by atoms with van der Waals surface area (Å²) in [7, 11) is 1.63. The molecule has 0 unspecified atom stereocenters. The topological polar surface area (TPSA) is 35.2 Å². The number of methoxy groups -OCH3 is 1. The lowest BCUT2D eigenvalue weighted by Gasteiger charge is -2.02. The molecule has 1 aromatic rings. The van der Waals surface area contributed by atoms with Gasteiger partial charge in [-0.3, -0.25) is 0 Å². The Bertz CT molecular complexity index is 342. The van der Waals surface area contributed by atoms with Gasteiger partial charge in [0.2, 0.25) is 0 Å². The first-order valence-electron chi connectivity index (χ1n) is 4.94. The molecule has 16 heavy (non-hydrogen) atoms. The predicted octanol–water partition coefficient (Wildman–Crippen LogP) is 2.86. The van der Waals surface area contributed by atoms with Crippen molar-refractivity contribution in [1.82, 2.24) is 0 Å². The van der Waals surface area contributed by atoms with Gasteiger partial charge in [-0.1, -0.05) is 18.2 Å². The largest absolute Gasteiger partial charge is 0.497 e. The van der Waals surface area contributed by atoms with E-state index in [-0.39, 0.29) is 24.8 Å². The van der Waals surface area contributed by atoms with Gasteiger partial charge >= 0.3 is 0 Å². The number of hydrogen-bond acceptors (Lipinski definition) is 2. The molecular weight excluding hydrogens is 229 g/mol. The summed E-state index contributed by atoms with van der Waals surface area (Å²) < 4.78 is 17.8. The molecule has 90 valence electrons. The zero-order chi connectivity index (χ0) is 11.1. The number of halogens is 2. The molecule has 0 bridgehead atoms. The van der Waals surface area contributed by atoms with Crippen LogP contribution in [-0.4, -0.2) is 13.7 Å². The van der Waals surface area contributed by atoms with Gasteiger partial charge < -0.3 is 10.5 Å². The normalized spacial score (nSPS) is 10.8. The number of nitrogens with two attached hydrogens (primary N) is 1. The highest BCUT2D eigenvalue weighted by Gasteiger charge is 1.95. The summed E-state index contributed by atoms with van der Waals surface area (Å²) in [6.07, 6.45) is 2.99. The van der Waals surface area contributed by atoms with Crippen molar-refractivity contribution in [2.75, 3.05) is 13.7 Å². The summed E-state index contributed by atoms with van der Waals surface area (Å²) in [4.78, 5) is 0. The van der Waals surface area contributed by atoms with E-state index in [1.165, 1.54) is 6.08 Å². The second kappa shape index (κ2) is 8.13. The van der Waals surface area contributed by atoms with E-state index >= 15 is 0 Å². The molecule has 0 amide bonds. The molecule has 0 saturated heterocycles. The quantitative estimate of drug-likeness (QED) is 0.866. The maximum Gasteiger partial charge on any atom is 0.119 e. The SMILES string of the molecule is COc1cccc(CC/C=C(/F)CN)c1.Cl. The molecule has 0 radical (unpaired) electrons. The third-order valence-electron chi connectivity index (χ3n) is 2.13. The molecule has 0 aliphatic heterocycles. The molecule has 0 aliphatic rings. The van der Waals surface area contributed by atoms with Crippen LogP contribution in [0.25, 0.3) is 0 Å². The highest BCUT2D eigenvalue weighted by Crippen LogP contribution is 2.14. The van der Waals surface area contributed by atoms with Crippen LogP contribution in [0.1, 0.15) is 12.0 Å². The average molecular weight is 246 g/mol. The first kappa shape index (κ1) is 14.9. The Morgan fingerprint density at radius 1 is 1.50 bits per heavy atom. The zero-order valence-electron chi connectivity index (χ0n) is 9.28. The molecule has 0 heterocycles. The van der Waals surface area contributed by atoms with Crippen molar-refractivity contribution in [2.24, 2.45) is 5.73 Å². The molecule has 0 saturated carbocycles. The Hall–Kier alpha value is -1.06. The van der Waals surface area contributed by atoms with Crippen molar-refractivity contribution in [3.8, 4) is 5.75 Å². The Morgan fingerprint density at radius 3 is 2.88 bits per heavy atom. The van der Waals surface area contributed by atoms with E-state index in [1.54, 1.807) is 7.11 Å². The van der Waals surface area contributed by atoms with Gasteiger partial charge in [0.15, 0.2) is 0 Å². The second-order valence-corrected chi connectivity index (χ2v) is 3.25. The van der Waals surface area contributed by atoms with E-state index in [4.69, 9.17) is 10.5 Å². The predicted molar refractivity (Wildman–Crippen MR) is 66.8 cm³/mol. The molecule has 1 aromatic carbocycles. The fraction of sp³-hybridized carbons (Fsp3) is 0.333. The van der Waals surface area contributed by atoms with Gasteiger partial charge in [0.25, 0.3) is 0 Å². The number of ether oxygens (including phenoxy) is 1. The number of hydrogen-bond donors (Lipinski definition) is 1. The molecular formula is C12H17ClFNO. The van der Waals surface area contributed by atoms with Crippen LogP contribution in [0.3, 0.4) is 0 Å². The van der Waals surface area contributed by atoms with Crippen LogP contribution >= 0.6 is 12.4 Å². The number of rotatable bonds is 5. The van der Waals surface area contributed by atoms with Crippen molar-refractivity contribution in [1.29, 1.82) is 0 Å². The van der Waals surface area contributed by atoms with E-state index in [2.05, 4.69) is 0 Å². The molecule has 0 aliphatic carbocycles. The van der Waals surface area contributed by atoms with Crippen LogP contribution in [0.2, 0.25) is 0 Å². The van der Waals surface area contributed by atoms with Gasteiger partial charge in [0.1, 0.15) is 11.6 Å². The van der Waals surface area contributed by atoms with Crippen molar-refractivity contribution in [3.05, 3.63) is 41.7 Å². The summed E-state index contributed by atoms with van der Waals surface area (Å²) in [6.45, 7) is -0.0158. The van der Waals surface area contributed by atoms with E-state index in [1.807, 2.05) is 24.3 Å². The van der Waals surface area contributed by atoms with Gasteiger partial charge in [-0.05, 0) is 30.5 Å². The molecule has 0 aromatic heterocycles. The maximum absolute atomic E-state index is 12.7. The molecule has 0 spiro atoms. The lowest BCUT2D eigenvalue weighted by atomic mass is 10.1. The van der Waals surface area contributed by atoms with Crippen LogP contribution in [0.4, 0.5) is 4.39 Å². The number of aryl methyl sites for hydroxylation is 1. The molecule has 2 N–H and O–H groups in total. The van der Waals surface area contributed by atoms with Crippen molar-refractivity contribution >= 4 is 12.4 Å². The highest BCUT2D eigenvalue weighted by molar-refractivity contribution is 5.85. The van der Waals surface area contributed by atoms with Crippen LogP contribution in [-0.2, 0) is 6.42 Å². The van der Waals surface area contributed by atoms with Crippen molar-refractivity contribution < 1.29 is 9.13 Å². The Labute approximate surface area is 102 Å². The lowest BCUT2D eigenvalue weighted by Crippen LogP contribution is -1.98. The highest BCUT2D eigenvalue weighted by atomic mass is 35.5. The van der Waals surface area contributed by atoms with Gasteiger partial charge in [-0.2, -0.15) is 0 Å². The molecule has 2 nitrogen and oxygen atoms in total. The smallest absolute Gasteiger partial charge is 0.119 e. The molecule has 0 fully saturated rings. The van der Waals surface area contributed by atoms with E-state index in [9.17, 15) is 4.39 Å². The Balaban J connectivity index is 0.00000225. The summed E-state index contributed by atoms with van der Waals surface area (Å²) in [6, 6.07) is 7.77. The zero-order valence-corrected chi connectivity index (χ0v) is 10.1. The summed E-state index contributed by atoms with van der Waals surface area (Å²) >= 11 is 0. The van der Waals surface area contributed by atoms with E-state index < -0.39 is 0 Å². The standard InChI is InChI=1S/C12H16FNO.ClH/c1-15-12-7-3-5-10(8-12)4-2-6-11(13)9-14;/h3,5-8H,2,4,9,14H2,1H3;1H/b11-6+;. The van der Waals surface area contributed by atoms with Crippen LogP contribution in [0, 0.1) is 0 Å². The minimum absolute atomic E-state index is 0. The monoisotopic (exact) mass is 245 g/mol. The molecule has 1 rings (SSSR count). The molecule has 4 heteroatoms. The van der Waals surface area contributed by atoms with E-state index in [0.29, 0.717) is 6.42 Å².